The Morgan fingerprint density at radius 2 is 2.12 bits per heavy atom. The predicted octanol–water partition coefficient (Wildman–Crippen LogP) is 3.86. The lowest BCUT2D eigenvalue weighted by Gasteiger charge is -2.04. The molecule has 2 rings (SSSR count). The number of rotatable bonds is 2. The first-order chi connectivity index (χ1) is 7.50. The van der Waals surface area contributed by atoms with Gasteiger partial charge in [0.1, 0.15) is 10.7 Å². The molecule has 0 saturated carbocycles. The van der Waals surface area contributed by atoms with Crippen LogP contribution in [0.5, 0.6) is 0 Å². The smallest absolute Gasteiger partial charge is 0.346 e. The van der Waals surface area contributed by atoms with E-state index in [-0.39, 0.29) is 11.7 Å². The monoisotopic (exact) mass is 238 g/mol. The molecule has 1 aromatic carbocycles. The van der Waals surface area contributed by atoms with E-state index in [1.165, 1.54) is 12.1 Å². The topological polar surface area (TPSA) is 37.3 Å². The molecule has 4 heteroatoms. The lowest BCUT2D eigenvalue weighted by atomic mass is 9.99. The van der Waals surface area contributed by atoms with E-state index in [1.54, 1.807) is 6.07 Å². The Hall–Kier alpha value is -1.42. The van der Waals surface area contributed by atoms with Crippen LogP contribution in [-0.4, -0.2) is 11.1 Å². The van der Waals surface area contributed by atoms with Crippen molar-refractivity contribution < 1.29 is 14.3 Å². The summed E-state index contributed by atoms with van der Waals surface area (Å²) in [4.78, 5) is 11.4. The molecule has 0 radical (unpaired) electrons. The van der Waals surface area contributed by atoms with E-state index in [4.69, 9.17) is 5.11 Å². The minimum atomic E-state index is -0.940. The molecule has 16 heavy (non-hydrogen) atoms. The highest BCUT2D eigenvalue weighted by Crippen LogP contribution is 2.36. The second-order valence-corrected chi connectivity index (χ2v) is 5.00. The molecule has 0 aliphatic carbocycles. The maximum absolute atomic E-state index is 13.0. The fourth-order valence-corrected chi connectivity index (χ4v) is 3.04. The zero-order valence-corrected chi connectivity index (χ0v) is 9.77. The van der Waals surface area contributed by atoms with Gasteiger partial charge in [-0.2, -0.15) is 0 Å². The summed E-state index contributed by atoms with van der Waals surface area (Å²) in [5, 5.41) is 9.95. The van der Waals surface area contributed by atoms with Gasteiger partial charge < -0.3 is 5.11 Å². The predicted molar refractivity (Wildman–Crippen MR) is 62.8 cm³/mol. The van der Waals surface area contributed by atoms with Gasteiger partial charge in [0.05, 0.1) is 0 Å². The minimum absolute atomic E-state index is 0.116. The summed E-state index contributed by atoms with van der Waals surface area (Å²) in [6.07, 6.45) is 0. The SMILES string of the molecule is CC(C)c1c(C(=O)O)sc2cc(F)ccc12. The Labute approximate surface area is 96.3 Å². The summed E-state index contributed by atoms with van der Waals surface area (Å²) < 4.78 is 13.7. The summed E-state index contributed by atoms with van der Waals surface area (Å²) >= 11 is 1.13. The number of fused-ring (bicyclic) bond motifs is 1. The molecule has 2 nitrogen and oxygen atoms in total. The van der Waals surface area contributed by atoms with Crippen LogP contribution < -0.4 is 0 Å². The normalized spacial score (nSPS) is 11.2. The molecule has 0 fully saturated rings. The van der Waals surface area contributed by atoms with E-state index in [0.29, 0.717) is 9.58 Å². The maximum atomic E-state index is 13.0. The molecule has 0 unspecified atom stereocenters. The van der Waals surface area contributed by atoms with Crippen molar-refractivity contribution in [2.75, 3.05) is 0 Å². The molecule has 0 bridgehead atoms. The van der Waals surface area contributed by atoms with Gasteiger partial charge in [0, 0.05) is 4.70 Å². The molecular weight excluding hydrogens is 227 g/mol. The maximum Gasteiger partial charge on any atom is 0.346 e. The van der Waals surface area contributed by atoms with E-state index in [1.807, 2.05) is 13.8 Å². The van der Waals surface area contributed by atoms with E-state index >= 15 is 0 Å². The molecule has 84 valence electrons. The summed E-state index contributed by atoms with van der Waals surface area (Å²) in [5.41, 5.74) is 0.799. The van der Waals surface area contributed by atoms with Crippen LogP contribution in [0.2, 0.25) is 0 Å². The van der Waals surface area contributed by atoms with Crippen molar-refractivity contribution in [1.82, 2.24) is 0 Å². The van der Waals surface area contributed by atoms with E-state index in [9.17, 15) is 9.18 Å². The molecular formula is C12H11FO2S. The standard InChI is InChI=1S/C12H11FO2S/c1-6(2)10-8-4-3-7(13)5-9(8)16-11(10)12(14)15/h3-6H,1-2H3,(H,14,15). The van der Waals surface area contributed by atoms with Crippen molar-refractivity contribution in [3.05, 3.63) is 34.5 Å². The summed E-state index contributed by atoms with van der Waals surface area (Å²) in [6, 6.07) is 4.41. The Morgan fingerprint density at radius 3 is 2.69 bits per heavy atom. The van der Waals surface area contributed by atoms with Crippen LogP contribution in [0.4, 0.5) is 4.39 Å². The van der Waals surface area contributed by atoms with Gasteiger partial charge in [0.15, 0.2) is 0 Å². The molecule has 0 aliphatic heterocycles. The van der Waals surface area contributed by atoms with Crippen molar-refractivity contribution in [2.24, 2.45) is 0 Å². The van der Waals surface area contributed by atoms with Crippen LogP contribution >= 0.6 is 11.3 Å². The number of carbonyl (C=O) groups is 1. The van der Waals surface area contributed by atoms with Crippen LogP contribution in [0, 0.1) is 5.82 Å². The highest BCUT2D eigenvalue weighted by Gasteiger charge is 2.19. The van der Waals surface area contributed by atoms with Crippen LogP contribution in [0.15, 0.2) is 18.2 Å². The zero-order chi connectivity index (χ0) is 11.9. The second kappa shape index (κ2) is 3.87. The van der Waals surface area contributed by atoms with Crippen molar-refractivity contribution in [2.45, 2.75) is 19.8 Å². The second-order valence-electron chi connectivity index (χ2n) is 3.95. The number of hydrogen-bond acceptors (Lipinski definition) is 2. The quantitative estimate of drug-likeness (QED) is 0.862. The van der Waals surface area contributed by atoms with E-state index in [2.05, 4.69) is 0 Å². The average molecular weight is 238 g/mol. The van der Waals surface area contributed by atoms with Gasteiger partial charge in [-0.25, -0.2) is 9.18 Å². The van der Waals surface area contributed by atoms with Gasteiger partial charge in [-0.1, -0.05) is 19.9 Å². The molecule has 0 saturated heterocycles. The number of aromatic carboxylic acids is 1. The lowest BCUT2D eigenvalue weighted by Crippen LogP contribution is -1.99. The van der Waals surface area contributed by atoms with E-state index < -0.39 is 5.97 Å². The minimum Gasteiger partial charge on any atom is -0.477 e. The van der Waals surface area contributed by atoms with Crippen LogP contribution in [0.1, 0.15) is 35.0 Å². The van der Waals surface area contributed by atoms with Crippen LogP contribution in [0.25, 0.3) is 10.1 Å². The summed E-state index contributed by atoms with van der Waals surface area (Å²) in [6.45, 7) is 3.88. The number of thiophene rings is 1. The molecule has 0 aliphatic rings. The fourth-order valence-electron chi connectivity index (χ4n) is 1.82. The molecule has 0 spiro atoms. The van der Waals surface area contributed by atoms with Gasteiger partial charge in [0.25, 0.3) is 0 Å². The van der Waals surface area contributed by atoms with Crippen molar-refractivity contribution in [3.63, 3.8) is 0 Å². The third kappa shape index (κ3) is 1.69. The number of halogens is 1. The molecule has 0 amide bonds. The van der Waals surface area contributed by atoms with E-state index in [0.717, 1.165) is 22.3 Å². The third-order valence-electron chi connectivity index (χ3n) is 2.46. The summed E-state index contributed by atoms with van der Waals surface area (Å²) in [7, 11) is 0. The average Bonchev–Trinajstić information content (AvgIpc) is 2.55. The fraction of sp³-hybridized carbons (Fsp3) is 0.250. The highest BCUT2D eigenvalue weighted by atomic mass is 32.1. The first-order valence-electron chi connectivity index (χ1n) is 4.96. The molecule has 1 aromatic heterocycles. The first kappa shape index (κ1) is 11.1. The number of carboxylic acid groups (broad SMARTS) is 1. The van der Waals surface area contributed by atoms with Gasteiger partial charge in [-0.3, -0.25) is 0 Å². The van der Waals surface area contributed by atoms with Gasteiger partial charge in [0.2, 0.25) is 0 Å². The van der Waals surface area contributed by atoms with Crippen molar-refractivity contribution in [3.8, 4) is 0 Å². The Bertz CT molecular complexity index is 557. The van der Waals surface area contributed by atoms with Crippen LogP contribution in [-0.2, 0) is 0 Å². The molecule has 0 atom stereocenters. The van der Waals surface area contributed by atoms with Gasteiger partial charge >= 0.3 is 5.97 Å². The van der Waals surface area contributed by atoms with Crippen LogP contribution in [0.3, 0.4) is 0 Å². The Morgan fingerprint density at radius 1 is 1.44 bits per heavy atom. The lowest BCUT2D eigenvalue weighted by molar-refractivity contribution is 0.0701. The summed E-state index contributed by atoms with van der Waals surface area (Å²) in [5.74, 6) is -1.16. The first-order valence-corrected chi connectivity index (χ1v) is 5.77. The largest absolute Gasteiger partial charge is 0.477 e. The number of hydrogen-bond donors (Lipinski definition) is 1. The van der Waals surface area contributed by atoms with Gasteiger partial charge in [-0.05, 0) is 29.0 Å². The molecule has 1 N–H and O–H groups in total. The number of benzene rings is 1. The molecule has 1 heterocycles. The zero-order valence-electron chi connectivity index (χ0n) is 8.95. The highest BCUT2D eigenvalue weighted by molar-refractivity contribution is 7.21. The third-order valence-corrected chi connectivity index (χ3v) is 3.62. The number of carboxylic acids is 1. The Kier molecular flexibility index (Phi) is 2.68. The Balaban J connectivity index is 2.81. The molecule has 2 aromatic rings. The van der Waals surface area contributed by atoms with Gasteiger partial charge in [-0.15, -0.1) is 11.3 Å². The van der Waals surface area contributed by atoms with Crippen molar-refractivity contribution >= 4 is 27.4 Å². The van der Waals surface area contributed by atoms with Crippen molar-refractivity contribution in [1.29, 1.82) is 0 Å².